The van der Waals surface area contributed by atoms with E-state index in [4.69, 9.17) is 15.2 Å². The summed E-state index contributed by atoms with van der Waals surface area (Å²) in [6, 6.07) is 5.32. The molecule has 0 aliphatic carbocycles. The van der Waals surface area contributed by atoms with E-state index < -0.39 is 0 Å². The van der Waals surface area contributed by atoms with Gasteiger partial charge in [-0.15, -0.1) is 0 Å². The lowest BCUT2D eigenvalue weighted by molar-refractivity contribution is 0.389. The van der Waals surface area contributed by atoms with E-state index in [1.807, 2.05) is 24.4 Å². The standard InChI is InChI=1S/C15H21N3O2/c1-4-8-18-9-7-17-15(18)14(16)12-6-5-11(19-2)10-13(12)20-3/h5-7,9-10,14H,4,8,16H2,1-3H3. The fourth-order valence-electron chi connectivity index (χ4n) is 2.24. The number of aryl methyl sites for hydroxylation is 1. The Morgan fingerprint density at radius 2 is 2.10 bits per heavy atom. The summed E-state index contributed by atoms with van der Waals surface area (Å²) in [5, 5.41) is 0. The number of nitrogens with zero attached hydrogens (tertiary/aromatic N) is 2. The second kappa shape index (κ2) is 6.43. The number of ether oxygens (including phenoxy) is 2. The lowest BCUT2D eigenvalue weighted by Gasteiger charge is -2.17. The minimum absolute atomic E-state index is 0.322. The molecule has 1 aromatic heterocycles. The smallest absolute Gasteiger partial charge is 0.130 e. The highest BCUT2D eigenvalue weighted by molar-refractivity contribution is 5.44. The molecular formula is C15H21N3O2. The van der Waals surface area contributed by atoms with Gasteiger partial charge in [-0.25, -0.2) is 4.98 Å². The van der Waals surface area contributed by atoms with E-state index in [1.54, 1.807) is 20.4 Å². The number of nitrogens with two attached hydrogens (primary N) is 1. The van der Waals surface area contributed by atoms with Crippen molar-refractivity contribution in [2.24, 2.45) is 5.73 Å². The molecule has 5 nitrogen and oxygen atoms in total. The molecule has 5 heteroatoms. The molecule has 0 amide bonds. The number of aromatic nitrogens is 2. The van der Waals surface area contributed by atoms with Gasteiger partial charge >= 0.3 is 0 Å². The van der Waals surface area contributed by atoms with Crippen molar-refractivity contribution in [1.29, 1.82) is 0 Å². The van der Waals surface area contributed by atoms with Gasteiger partial charge in [-0.2, -0.15) is 0 Å². The number of benzene rings is 1. The van der Waals surface area contributed by atoms with Crippen molar-refractivity contribution in [3.63, 3.8) is 0 Å². The average Bonchev–Trinajstić information content (AvgIpc) is 2.94. The van der Waals surface area contributed by atoms with Gasteiger partial charge in [0.15, 0.2) is 0 Å². The van der Waals surface area contributed by atoms with Crippen molar-refractivity contribution >= 4 is 0 Å². The average molecular weight is 275 g/mol. The molecule has 2 rings (SSSR count). The Morgan fingerprint density at radius 1 is 1.30 bits per heavy atom. The van der Waals surface area contributed by atoms with Gasteiger partial charge in [0.05, 0.1) is 20.3 Å². The monoisotopic (exact) mass is 275 g/mol. The van der Waals surface area contributed by atoms with E-state index >= 15 is 0 Å². The van der Waals surface area contributed by atoms with Crippen LogP contribution in [-0.4, -0.2) is 23.8 Å². The molecule has 0 spiro atoms. The fraction of sp³-hybridized carbons (Fsp3) is 0.400. The van der Waals surface area contributed by atoms with Crippen molar-refractivity contribution in [3.05, 3.63) is 42.0 Å². The van der Waals surface area contributed by atoms with E-state index in [-0.39, 0.29) is 6.04 Å². The molecule has 2 N–H and O–H groups in total. The van der Waals surface area contributed by atoms with Crippen LogP contribution in [0.1, 0.15) is 30.8 Å². The molecule has 0 fully saturated rings. The first-order valence-corrected chi connectivity index (χ1v) is 6.69. The number of rotatable bonds is 6. The zero-order chi connectivity index (χ0) is 14.5. The van der Waals surface area contributed by atoms with Gasteiger partial charge in [-0.3, -0.25) is 0 Å². The van der Waals surface area contributed by atoms with E-state index in [0.717, 1.165) is 30.1 Å². The van der Waals surface area contributed by atoms with Gasteiger partial charge in [0.1, 0.15) is 17.3 Å². The van der Waals surface area contributed by atoms with Crippen molar-refractivity contribution in [2.45, 2.75) is 25.9 Å². The summed E-state index contributed by atoms with van der Waals surface area (Å²) in [4.78, 5) is 4.38. The Morgan fingerprint density at radius 3 is 2.75 bits per heavy atom. The summed E-state index contributed by atoms with van der Waals surface area (Å²) in [5.74, 6) is 2.30. The summed E-state index contributed by atoms with van der Waals surface area (Å²) in [6.45, 7) is 3.03. The summed E-state index contributed by atoms with van der Waals surface area (Å²) in [6.07, 6.45) is 4.77. The first-order valence-electron chi connectivity index (χ1n) is 6.69. The maximum absolute atomic E-state index is 6.36. The van der Waals surface area contributed by atoms with Crippen LogP contribution >= 0.6 is 0 Å². The van der Waals surface area contributed by atoms with Gasteiger partial charge < -0.3 is 19.8 Å². The third kappa shape index (κ3) is 2.77. The lowest BCUT2D eigenvalue weighted by Crippen LogP contribution is -2.18. The number of imidazole rings is 1. The fourth-order valence-corrected chi connectivity index (χ4v) is 2.24. The normalized spacial score (nSPS) is 12.2. The topological polar surface area (TPSA) is 62.3 Å². The van der Waals surface area contributed by atoms with Gasteiger partial charge in [0.25, 0.3) is 0 Å². The molecule has 1 unspecified atom stereocenters. The van der Waals surface area contributed by atoms with Crippen LogP contribution in [0.4, 0.5) is 0 Å². The Hall–Kier alpha value is -2.01. The third-order valence-corrected chi connectivity index (χ3v) is 3.27. The van der Waals surface area contributed by atoms with Crippen molar-refractivity contribution in [1.82, 2.24) is 9.55 Å². The highest BCUT2D eigenvalue weighted by Crippen LogP contribution is 2.31. The minimum atomic E-state index is -0.322. The van der Waals surface area contributed by atoms with Gasteiger partial charge in [0.2, 0.25) is 0 Å². The summed E-state index contributed by atoms with van der Waals surface area (Å²) in [7, 11) is 3.26. The highest BCUT2D eigenvalue weighted by atomic mass is 16.5. The largest absolute Gasteiger partial charge is 0.497 e. The predicted molar refractivity (Wildman–Crippen MR) is 78.1 cm³/mol. The predicted octanol–water partition coefficient (Wildman–Crippen LogP) is 2.36. The molecule has 1 heterocycles. The molecule has 0 aliphatic heterocycles. The summed E-state index contributed by atoms with van der Waals surface area (Å²) >= 11 is 0. The van der Waals surface area contributed by atoms with Crippen LogP contribution in [0.15, 0.2) is 30.6 Å². The molecule has 1 aromatic carbocycles. The van der Waals surface area contributed by atoms with Crippen LogP contribution in [0.3, 0.4) is 0 Å². The van der Waals surface area contributed by atoms with Crippen LogP contribution < -0.4 is 15.2 Å². The molecule has 0 aliphatic rings. The van der Waals surface area contributed by atoms with Crippen LogP contribution in [0.25, 0.3) is 0 Å². The first-order chi connectivity index (χ1) is 9.71. The van der Waals surface area contributed by atoms with Crippen molar-refractivity contribution in [3.8, 4) is 11.5 Å². The molecule has 2 aromatic rings. The second-order valence-electron chi connectivity index (χ2n) is 4.56. The summed E-state index contributed by atoms with van der Waals surface area (Å²) < 4.78 is 12.7. The Kier molecular flexibility index (Phi) is 4.63. The van der Waals surface area contributed by atoms with Gasteiger partial charge in [0, 0.05) is 30.6 Å². The molecule has 20 heavy (non-hydrogen) atoms. The molecule has 108 valence electrons. The molecular weight excluding hydrogens is 254 g/mol. The van der Waals surface area contributed by atoms with Crippen LogP contribution in [0.5, 0.6) is 11.5 Å². The minimum Gasteiger partial charge on any atom is -0.497 e. The molecule has 0 radical (unpaired) electrons. The molecule has 0 saturated carbocycles. The zero-order valence-electron chi connectivity index (χ0n) is 12.2. The van der Waals surface area contributed by atoms with Gasteiger partial charge in [-0.1, -0.05) is 6.92 Å². The quantitative estimate of drug-likeness (QED) is 0.879. The van der Waals surface area contributed by atoms with Crippen LogP contribution in [0, 0.1) is 0 Å². The van der Waals surface area contributed by atoms with Crippen LogP contribution in [0.2, 0.25) is 0 Å². The molecule has 0 bridgehead atoms. The van der Waals surface area contributed by atoms with E-state index in [9.17, 15) is 0 Å². The zero-order valence-corrected chi connectivity index (χ0v) is 12.2. The van der Waals surface area contributed by atoms with E-state index in [1.165, 1.54) is 0 Å². The maximum Gasteiger partial charge on any atom is 0.130 e. The Balaban J connectivity index is 2.37. The highest BCUT2D eigenvalue weighted by Gasteiger charge is 2.19. The number of hydrogen-bond donors (Lipinski definition) is 1. The summed E-state index contributed by atoms with van der Waals surface area (Å²) in [5.41, 5.74) is 7.26. The Bertz CT molecular complexity index is 566. The Labute approximate surface area is 119 Å². The SMILES string of the molecule is CCCn1ccnc1C(N)c1ccc(OC)cc1OC. The van der Waals surface area contributed by atoms with Crippen molar-refractivity contribution < 1.29 is 9.47 Å². The first kappa shape index (κ1) is 14.4. The van der Waals surface area contributed by atoms with E-state index in [2.05, 4.69) is 16.5 Å². The third-order valence-electron chi connectivity index (χ3n) is 3.27. The van der Waals surface area contributed by atoms with E-state index in [0.29, 0.717) is 5.75 Å². The number of hydrogen-bond acceptors (Lipinski definition) is 4. The van der Waals surface area contributed by atoms with Gasteiger partial charge in [-0.05, 0) is 18.6 Å². The number of methoxy groups -OCH3 is 2. The maximum atomic E-state index is 6.36. The second-order valence-corrected chi connectivity index (χ2v) is 4.56. The molecule has 0 saturated heterocycles. The van der Waals surface area contributed by atoms with Crippen LogP contribution in [-0.2, 0) is 6.54 Å². The lowest BCUT2D eigenvalue weighted by atomic mass is 10.1. The van der Waals surface area contributed by atoms with Crippen molar-refractivity contribution in [2.75, 3.05) is 14.2 Å². The molecule has 1 atom stereocenters.